The molecule has 0 atom stereocenters. The zero-order chi connectivity index (χ0) is 15.8. The van der Waals surface area contributed by atoms with E-state index in [0.29, 0.717) is 10.8 Å². The molecule has 0 aliphatic heterocycles. The second-order valence-corrected chi connectivity index (χ2v) is 6.95. The standard InChI is InChI=1S/2C9H13.CH2.Zr/c2*1-9(2,3)8-6-4-5-7-8;;/h6-7H,4H2,1-3H3;4,6H,7H2,1-3H3;1H2;/q2*-1;;+2. The van der Waals surface area contributed by atoms with Crippen molar-refractivity contribution in [2.75, 3.05) is 0 Å². The van der Waals surface area contributed by atoms with Gasteiger partial charge in [-0.05, 0) is 5.41 Å². The first kappa shape index (κ1) is 19.7. The fourth-order valence-electron chi connectivity index (χ4n) is 1.82. The zero-order valence-corrected chi connectivity index (χ0v) is 16.4. The molecule has 0 bridgehead atoms. The van der Waals surface area contributed by atoms with Gasteiger partial charge in [0.1, 0.15) is 0 Å². The fraction of sp³-hybridized carbons (Fsp3) is 0.526. The molecule has 1 heteroatoms. The van der Waals surface area contributed by atoms with Crippen LogP contribution in [0.25, 0.3) is 0 Å². The molecule has 0 spiro atoms. The molecule has 2 aliphatic rings. The van der Waals surface area contributed by atoms with Crippen LogP contribution in [0.2, 0.25) is 0 Å². The molecular formula is C19H28Zr. The van der Waals surface area contributed by atoms with Crippen molar-refractivity contribution in [3.8, 4) is 0 Å². The second-order valence-electron chi connectivity index (χ2n) is 6.95. The Morgan fingerprint density at radius 1 is 1.00 bits per heavy atom. The van der Waals surface area contributed by atoms with E-state index in [1.165, 1.54) is 35.4 Å². The normalized spacial score (nSPS) is 16.8. The average molecular weight is 348 g/mol. The number of hydrogen-bond donors (Lipinski definition) is 0. The van der Waals surface area contributed by atoms with E-state index in [0.717, 1.165) is 12.8 Å². The molecule has 0 fully saturated rings. The molecule has 2 aliphatic carbocycles. The molecule has 0 saturated carbocycles. The quantitative estimate of drug-likeness (QED) is 0.514. The van der Waals surface area contributed by atoms with E-state index >= 15 is 0 Å². The van der Waals surface area contributed by atoms with Gasteiger partial charge in [-0.2, -0.15) is 17.2 Å². The Hall–Kier alpha value is -0.287. The van der Waals surface area contributed by atoms with Crippen molar-refractivity contribution in [1.82, 2.24) is 0 Å². The van der Waals surface area contributed by atoms with Crippen LogP contribution in [-0.2, 0) is 24.2 Å². The van der Waals surface area contributed by atoms with Crippen LogP contribution in [0.5, 0.6) is 0 Å². The van der Waals surface area contributed by atoms with Crippen molar-refractivity contribution in [2.45, 2.75) is 54.4 Å². The van der Waals surface area contributed by atoms with Gasteiger partial charge in [-0.1, -0.05) is 47.0 Å². The predicted molar refractivity (Wildman–Crippen MR) is 87.1 cm³/mol. The molecule has 0 unspecified atom stereocenters. The van der Waals surface area contributed by atoms with Crippen molar-refractivity contribution in [1.29, 1.82) is 0 Å². The summed E-state index contributed by atoms with van der Waals surface area (Å²) in [6, 6.07) is 0. The van der Waals surface area contributed by atoms with E-state index in [-0.39, 0.29) is 0 Å². The van der Waals surface area contributed by atoms with E-state index in [9.17, 15) is 0 Å². The van der Waals surface area contributed by atoms with E-state index < -0.39 is 0 Å². The van der Waals surface area contributed by atoms with Crippen LogP contribution in [-0.4, -0.2) is 4.21 Å². The fourth-order valence-corrected chi connectivity index (χ4v) is 1.82. The Balaban J connectivity index is 0.000000321. The van der Waals surface area contributed by atoms with Crippen molar-refractivity contribution < 1.29 is 24.2 Å². The summed E-state index contributed by atoms with van der Waals surface area (Å²) >= 11 is 1.30. The third-order valence-electron chi connectivity index (χ3n) is 3.22. The molecule has 0 aromatic carbocycles. The van der Waals surface area contributed by atoms with Gasteiger partial charge in [0, 0.05) is 0 Å². The van der Waals surface area contributed by atoms with Crippen LogP contribution in [0.4, 0.5) is 0 Å². The first-order valence-electron chi connectivity index (χ1n) is 7.10. The van der Waals surface area contributed by atoms with Gasteiger partial charge in [0.2, 0.25) is 0 Å². The molecule has 0 heterocycles. The molecule has 2 rings (SSSR count). The first-order valence-corrected chi connectivity index (χ1v) is 8.84. The maximum atomic E-state index is 3.34. The van der Waals surface area contributed by atoms with E-state index in [4.69, 9.17) is 0 Å². The Kier molecular flexibility index (Phi) is 8.75. The number of allylic oxidation sites excluding steroid dienone is 8. The van der Waals surface area contributed by atoms with Crippen LogP contribution in [0.1, 0.15) is 54.4 Å². The van der Waals surface area contributed by atoms with Gasteiger partial charge >= 0.3 is 28.4 Å². The van der Waals surface area contributed by atoms with Crippen LogP contribution in [0.3, 0.4) is 0 Å². The monoisotopic (exact) mass is 346 g/mol. The van der Waals surface area contributed by atoms with Crippen LogP contribution in [0, 0.1) is 23.0 Å². The van der Waals surface area contributed by atoms with Crippen LogP contribution in [0.15, 0.2) is 35.5 Å². The van der Waals surface area contributed by atoms with Gasteiger partial charge in [-0.25, -0.2) is 18.2 Å². The summed E-state index contributed by atoms with van der Waals surface area (Å²) in [7, 11) is 0. The minimum absolute atomic E-state index is 0.323. The number of hydrogen-bond acceptors (Lipinski definition) is 0. The summed E-state index contributed by atoms with van der Waals surface area (Å²) in [5.74, 6) is 0. The third-order valence-corrected chi connectivity index (χ3v) is 3.22. The second kappa shape index (κ2) is 8.88. The third kappa shape index (κ3) is 7.48. The zero-order valence-electron chi connectivity index (χ0n) is 13.9. The van der Waals surface area contributed by atoms with Crippen LogP contribution < -0.4 is 0 Å². The Labute approximate surface area is 141 Å². The molecule has 108 valence electrons. The van der Waals surface area contributed by atoms with Gasteiger partial charge < -0.3 is 0 Å². The minimum atomic E-state index is 0.323. The first-order chi connectivity index (χ1) is 9.21. The van der Waals surface area contributed by atoms with Gasteiger partial charge in [0.25, 0.3) is 0 Å². The van der Waals surface area contributed by atoms with E-state index in [1.807, 2.05) is 6.08 Å². The summed E-state index contributed by atoms with van der Waals surface area (Å²) in [6.45, 7) is 13.4. The topological polar surface area (TPSA) is 0 Å². The van der Waals surface area contributed by atoms with Gasteiger partial charge in [-0.3, -0.25) is 12.2 Å². The molecule has 0 nitrogen and oxygen atoms in total. The van der Waals surface area contributed by atoms with Crippen molar-refractivity contribution in [3.05, 3.63) is 47.6 Å². The Morgan fingerprint density at radius 3 is 1.80 bits per heavy atom. The molecule has 0 radical (unpaired) electrons. The summed E-state index contributed by atoms with van der Waals surface area (Å²) in [4.78, 5) is 0. The van der Waals surface area contributed by atoms with Crippen molar-refractivity contribution in [3.63, 3.8) is 0 Å². The molecule has 0 amide bonds. The van der Waals surface area contributed by atoms with E-state index in [1.54, 1.807) is 0 Å². The van der Waals surface area contributed by atoms with Crippen molar-refractivity contribution in [2.24, 2.45) is 10.8 Å². The van der Waals surface area contributed by atoms with Gasteiger partial charge in [-0.15, -0.1) is 12.8 Å². The Bertz CT molecular complexity index is 406. The van der Waals surface area contributed by atoms with Gasteiger partial charge in [0.05, 0.1) is 0 Å². The summed E-state index contributed by atoms with van der Waals surface area (Å²) in [6.07, 6.45) is 16.9. The molecular weight excluding hydrogens is 319 g/mol. The Morgan fingerprint density at radius 2 is 1.60 bits per heavy atom. The van der Waals surface area contributed by atoms with Crippen LogP contribution >= 0.6 is 0 Å². The molecule has 20 heavy (non-hydrogen) atoms. The molecule has 0 aromatic heterocycles. The maximum absolute atomic E-state index is 3.34. The molecule has 0 saturated heterocycles. The average Bonchev–Trinajstić information content (AvgIpc) is 3.04. The summed E-state index contributed by atoms with van der Waals surface area (Å²) in [5, 5.41) is 0. The summed E-state index contributed by atoms with van der Waals surface area (Å²) in [5.41, 5.74) is 3.58. The molecule has 0 N–H and O–H groups in total. The SMILES string of the molecule is CC(C)(C)C1=CC=[C-]C1.CC(C)(C)C1=CC[C-]=C1.[CH2]=[Zr+2]. The summed E-state index contributed by atoms with van der Waals surface area (Å²) < 4.78 is 3.34. The number of rotatable bonds is 0. The van der Waals surface area contributed by atoms with Gasteiger partial charge in [0.15, 0.2) is 0 Å². The molecule has 0 aromatic rings. The van der Waals surface area contributed by atoms with Crippen molar-refractivity contribution >= 4 is 4.21 Å². The van der Waals surface area contributed by atoms with E-state index in [2.05, 4.69) is 76.1 Å². The predicted octanol–water partition coefficient (Wildman–Crippen LogP) is 5.41.